The number of nitro groups is 1. The van der Waals surface area contributed by atoms with Gasteiger partial charge < -0.3 is 15.3 Å². The van der Waals surface area contributed by atoms with Gasteiger partial charge in [-0.25, -0.2) is 4.79 Å². The Hall–Kier alpha value is -2.69. The topological polar surface area (TPSA) is 113 Å². The Morgan fingerprint density at radius 3 is 2.22 bits per heavy atom. The number of alkyl halides is 3. The number of anilines is 1. The van der Waals surface area contributed by atoms with Crippen LogP contribution in [0.2, 0.25) is 0 Å². The Bertz CT molecular complexity index is 589. The molecule has 1 heterocycles. The van der Waals surface area contributed by atoms with Crippen molar-refractivity contribution in [1.82, 2.24) is 5.32 Å². The number of carbonyl (C=O) groups excluding carboxylic acids is 1. The molecular formula is C12H12F3N3O5. The first-order valence-corrected chi connectivity index (χ1v) is 6.18. The number of non-ortho nitro benzene ring substituents is 1. The molecule has 1 fully saturated rings. The second kappa shape index (κ2) is 7.54. The molecule has 8 nitrogen and oxygen atoms in total. The average Bonchev–Trinajstić information content (AvgIpc) is 2.47. The van der Waals surface area contributed by atoms with E-state index in [1.165, 1.54) is 12.1 Å². The SMILES string of the molecule is O=C(O)C(F)(F)F.O=C1CNCCN1c1ccc([N+](=O)[O-])cc1. The van der Waals surface area contributed by atoms with Gasteiger partial charge in [0.2, 0.25) is 5.91 Å². The summed E-state index contributed by atoms with van der Waals surface area (Å²) in [4.78, 5) is 32.1. The van der Waals surface area contributed by atoms with Gasteiger partial charge in [0, 0.05) is 30.9 Å². The largest absolute Gasteiger partial charge is 0.490 e. The number of carboxylic acids is 1. The van der Waals surface area contributed by atoms with Crippen LogP contribution in [-0.4, -0.2) is 47.7 Å². The van der Waals surface area contributed by atoms with Crippen LogP contribution < -0.4 is 10.2 Å². The molecule has 0 saturated carbocycles. The second-order valence-electron chi connectivity index (χ2n) is 4.30. The molecule has 11 heteroatoms. The first kappa shape index (κ1) is 18.4. The molecule has 1 aromatic carbocycles. The van der Waals surface area contributed by atoms with E-state index >= 15 is 0 Å². The number of nitrogens with zero attached hydrogens (tertiary/aromatic N) is 2. The summed E-state index contributed by atoms with van der Waals surface area (Å²) in [7, 11) is 0. The van der Waals surface area contributed by atoms with E-state index in [0.29, 0.717) is 18.8 Å². The Morgan fingerprint density at radius 1 is 1.30 bits per heavy atom. The van der Waals surface area contributed by atoms with Crippen molar-refractivity contribution in [3.63, 3.8) is 0 Å². The van der Waals surface area contributed by atoms with Crippen molar-refractivity contribution in [2.45, 2.75) is 6.18 Å². The van der Waals surface area contributed by atoms with Crippen LogP contribution in [0.1, 0.15) is 0 Å². The molecule has 0 atom stereocenters. The van der Waals surface area contributed by atoms with Gasteiger partial charge in [0.05, 0.1) is 11.5 Å². The fraction of sp³-hybridized carbons (Fsp3) is 0.333. The van der Waals surface area contributed by atoms with Crippen molar-refractivity contribution in [2.75, 3.05) is 24.5 Å². The summed E-state index contributed by atoms with van der Waals surface area (Å²) in [5.74, 6) is -2.77. The van der Waals surface area contributed by atoms with E-state index < -0.39 is 17.1 Å². The summed E-state index contributed by atoms with van der Waals surface area (Å²) < 4.78 is 31.7. The highest BCUT2D eigenvalue weighted by atomic mass is 19.4. The highest BCUT2D eigenvalue weighted by Crippen LogP contribution is 2.19. The molecule has 1 aliphatic heterocycles. The lowest BCUT2D eigenvalue weighted by atomic mass is 10.2. The van der Waals surface area contributed by atoms with Crippen molar-refractivity contribution in [3.8, 4) is 0 Å². The zero-order valence-corrected chi connectivity index (χ0v) is 11.5. The standard InChI is InChI=1S/C10H11N3O3.C2HF3O2/c14-10-7-11-5-6-12(10)8-1-3-9(4-2-8)13(15)16;3-2(4,5)1(6)7/h1-4,11H,5-7H2;(H,6,7). The average molecular weight is 335 g/mol. The zero-order valence-electron chi connectivity index (χ0n) is 11.5. The Balaban J connectivity index is 0.000000322. The molecular weight excluding hydrogens is 323 g/mol. The first-order chi connectivity index (χ1) is 10.6. The van der Waals surface area contributed by atoms with Crippen LogP contribution in [0.3, 0.4) is 0 Å². The van der Waals surface area contributed by atoms with Crippen LogP contribution in [-0.2, 0) is 9.59 Å². The molecule has 1 aliphatic rings. The molecule has 2 N–H and O–H groups in total. The lowest BCUT2D eigenvalue weighted by Crippen LogP contribution is -2.48. The number of rotatable bonds is 2. The van der Waals surface area contributed by atoms with Crippen LogP contribution in [0.5, 0.6) is 0 Å². The number of halogens is 3. The summed E-state index contributed by atoms with van der Waals surface area (Å²) >= 11 is 0. The molecule has 0 bridgehead atoms. The van der Waals surface area contributed by atoms with Gasteiger partial charge in [0.1, 0.15) is 0 Å². The van der Waals surface area contributed by atoms with Gasteiger partial charge in [0.15, 0.2) is 0 Å². The highest BCUT2D eigenvalue weighted by molar-refractivity contribution is 5.95. The van der Waals surface area contributed by atoms with Gasteiger partial charge in [0.25, 0.3) is 5.69 Å². The molecule has 0 spiro atoms. The summed E-state index contributed by atoms with van der Waals surface area (Å²) in [5.41, 5.74) is 0.739. The van der Waals surface area contributed by atoms with E-state index in [4.69, 9.17) is 9.90 Å². The molecule has 126 valence electrons. The number of hydrogen-bond donors (Lipinski definition) is 2. The number of benzene rings is 1. The van der Waals surface area contributed by atoms with Gasteiger partial charge in [-0.3, -0.25) is 14.9 Å². The monoisotopic (exact) mass is 335 g/mol. The van der Waals surface area contributed by atoms with E-state index in [9.17, 15) is 28.1 Å². The number of hydrogen-bond acceptors (Lipinski definition) is 5. The maximum absolute atomic E-state index is 11.5. The molecule has 0 aliphatic carbocycles. The van der Waals surface area contributed by atoms with E-state index in [1.807, 2.05) is 0 Å². The normalized spacial score (nSPS) is 14.7. The third-order valence-corrected chi connectivity index (χ3v) is 2.70. The van der Waals surface area contributed by atoms with Gasteiger partial charge in [-0.05, 0) is 12.1 Å². The minimum atomic E-state index is -5.08. The lowest BCUT2D eigenvalue weighted by molar-refractivity contribution is -0.384. The van der Waals surface area contributed by atoms with Gasteiger partial charge in [-0.15, -0.1) is 0 Å². The molecule has 23 heavy (non-hydrogen) atoms. The van der Waals surface area contributed by atoms with Crippen LogP contribution in [0.4, 0.5) is 24.5 Å². The van der Waals surface area contributed by atoms with E-state index in [1.54, 1.807) is 17.0 Å². The molecule has 0 radical (unpaired) electrons. The van der Waals surface area contributed by atoms with Crippen molar-refractivity contribution in [3.05, 3.63) is 34.4 Å². The number of nitrogens with one attached hydrogen (secondary N) is 1. The number of aliphatic carboxylic acids is 1. The number of amides is 1. The minimum Gasteiger partial charge on any atom is -0.475 e. The molecule has 1 aromatic rings. The van der Waals surface area contributed by atoms with Crippen molar-refractivity contribution in [1.29, 1.82) is 0 Å². The predicted molar refractivity (Wildman–Crippen MR) is 72.0 cm³/mol. The number of nitro benzene ring substituents is 1. The zero-order chi connectivity index (χ0) is 17.6. The smallest absolute Gasteiger partial charge is 0.475 e. The molecule has 2 rings (SSSR count). The third kappa shape index (κ3) is 5.54. The van der Waals surface area contributed by atoms with Crippen LogP contribution >= 0.6 is 0 Å². The van der Waals surface area contributed by atoms with Crippen molar-refractivity contribution in [2.24, 2.45) is 0 Å². The lowest BCUT2D eigenvalue weighted by Gasteiger charge is -2.27. The van der Waals surface area contributed by atoms with Crippen molar-refractivity contribution >= 4 is 23.3 Å². The fourth-order valence-electron chi connectivity index (χ4n) is 1.63. The second-order valence-corrected chi connectivity index (χ2v) is 4.30. The molecule has 1 amide bonds. The Morgan fingerprint density at radius 2 is 1.83 bits per heavy atom. The van der Waals surface area contributed by atoms with Gasteiger partial charge in [-0.1, -0.05) is 0 Å². The van der Waals surface area contributed by atoms with E-state index in [-0.39, 0.29) is 11.6 Å². The summed E-state index contributed by atoms with van der Waals surface area (Å²) in [6.07, 6.45) is -5.08. The van der Waals surface area contributed by atoms with Crippen LogP contribution in [0.15, 0.2) is 24.3 Å². The van der Waals surface area contributed by atoms with Crippen LogP contribution in [0, 0.1) is 10.1 Å². The number of piperazine rings is 1. The third-order valence-electron chi connectivity index (χ3n) is 2.70. The minimum absolute atomic E-state index is 0.0138. The Labute approximate surface area is 127 Å². The molecule has 0 aromatic heterocycles. The number of carbonyl (C=O) groups is 2. The molecule has 1 saturated heterocycles. The maximum Gasteiger partial charge on any atom is 0.490 e. The molecule has 0 unspecified atom stereocenters. The van der Waals surface area contributed by atoms with E-state index in [2.05, 4.69) is 5.32 Å². The fourth-order valence-corrected chi connectivity index (χ4v) is 1.63. The summed E-state index contributed by atoms with van der Waals surface area (Å²) in [6, 6.07) is 6.01. The summed E-state index contributed by atoms with van der Waals surface area (Å²) in [5, 5.41) is 20.6. The quantitative estimate of drug-likeness (QED) is 0.619. The van der Waals surface area contributed by atoms with Gasteiger partial charge >= 0.3 is 12.1 Å². The van der Waals surface area contributed by atoms with Crippen molar-refractivity contribution < 1.29 is 32.8 Å². The number of carboxylic acid groups (broad SMARTS) is 1. The van der Waals surface area contributed by atoms with Crippen LogP contribution in [0.25, 0.3) is 0 Å². The Kier molecular flexibility index (Phi) is 6.02. The summed E-state index contributed by atoms with van der Waals surface area (Å²) in [6.45, 7) is 1.65. The maximum atomic E-state index is 11.5. The highest BCUT2D eigenvalue weighted by Gasteiger charge is 2.38. The predicted octanol–water partition coefficient (Wildman–Crippen LogP) is 1.16. The van der Waals surface area contributed by atoms with Gasteiger partial charge in [-0.2, -0.15) is 13.2 Å². The van der Waals surface area contributed by atoms with E-state index in [0.717, 1.165) is 6.54 Å². The first-order valence-electron chi connectivity index (χ1n) is 6.18.